The van der Waals surface area contributed by atoms with Gasteiger partial charge in [0.15, 0.2) is 0 Å². The van der Waals surface area contributed by atoms with Crippen LogP contribution >= 0.6 is 11.3 Å². The number of piperidine rings is 1. The zero-order valence-corrected chi connectivity index (χ0v) is 16.8. The van der Waals surface area contributed by atoms with Crippen molar-refractivity contribution >= 4 is 21.4 Å². The molecule has 0 amide bonds. The van der Waals surface area contributed by atoms with Gasteiger partial charge in [0.25, 0.3) is 0 Å². The molecule has 0 N–H and O–H groups in total. The molecule has 9 heteroatoms. The van der Waals surface area contributed by atoms with Crippen LogP contribution in [0.5, 0.6) is 0 Å². The molecule has 0 aliphatic carbocycles. The zero-order valence-electron chi connectivity index (χ0n) is 15.1. The lowest BCUT2D eigenvalue weighted by Crippen LogP contribution is -2.41. The summed E-state index contributed by atoms with van der Waals surface area (Å²) in [5, 5.41) is 7.92. The number of aromatic nitrogens is 2. The Hall–Kier alpha value is -2.10. The van der Waals surface area contributed by atoms with Crippen molar-refractivity contribution in [3.63, 3.8) is 0 Å². The van der Waals surface area contributed by atoms with Crippen molar-refractivity contribution in [2.24, 2.45) is 5.92 Å². The molecule has 3 heterocycles. The molecule has 0 bridgehead atoms. The highest BCUT2D eigenvalue weighted by Crippen LogP contribution is 2.25. The Labute approximate surface area is 167 Å². The standard InChI is InChI=1S/C19H20FN3O3S2/c20-17-5-1-3-15(9-17)13-28(24,25)23-7-2-4-14(11-23)10-18-21-19(22-26-18)16-6-8-27-12-16/h1,3,5-6,8-9,12,14H,2,4,7,10-11,13H2. The van der Waals surface area contributed by atoms with Crippen molar-refractivity contribution in [2.75, 3.05) is 13.1 Å². The third kappa shape index (κ3) is 4.48. The van der Waals surface area contributed by atoms with Gasteiger partial charge in [0.1, 0.15) is 5.82 Å². The quantitative estimate of drug-likeness (QED) is 0.606. The Morgan fingerprint density at radius 3 is 3.00 bits per heavy atom. The zero-order chi connectivity index (χ0) is 19.6. The molecule has 2 aromatic heterocycles. The monoisotopic (exact) mass is 421 g/mol. The maximum Gasteiger partial charge on any atom is 0.227 e. The first-order valence-corrected chi connectivity index (χ1v) is 11.6. The van der Waals surface area contributed by atoms with Gasteiger partial charge in [-0.1, -0.05) is 17.3 Å². The van der Waals surface area contributed by atoms with Crippen LogP contribution in [0.1, 0.15) is 24.3 Å². The Morgan fingerprint density at radius 1 is 1.32 bits per heavy atom. The van der Waals surface area contributed by atoms with E-state index in [4.69, 9.17) is 4.52 Å². The van der Waals surface area contributed by atoms with E-state index >= 15 is 0 Å². The fraction of sp³-hybridized carbons (Fsp3) is 0.368. The number of thiophene rings is 1. The van der Waals surface area contributed by atoms with E-state index in [-0.39, 0.29) is 11.7 Å². The van der Waals surface area contributed by atoms with Crippen molar-refractivity contribution in [3.8, 4) is 11.4 Å². The number of benzene rings is 1. The van der Waals surface area contributed by atoms with Crippen LogP contribution < -0.4 is 0 Å². The smallest absolute Gasteiger partial charge is 0.227 e. The van der Waals surface area contributed by atoms with Crippen LogP contribution in [0.3, 0.4) is 0 Å². The predicted octanol–water partition coefficient (Wildman–Crippen LogP) is 3.72. The summed E-state index contributed by atoms with van der Waals surface area (Å²) in [6.07, 6.45) is 2.23. The number of rotatable bonds is 6. The average Bonchev–Trinajstić information content (AvgIpc) is 3.33. The Kier molecular flexibility index (Phi) is 5.56. The van der Waals surface area contributed by atoms with Crippen molar-refractivity contribution in [1.82, 2.24) is 14.4 Å². The second-order valence-corrected chi connectivity index (χ2v) is 9.73. The second-order valence-electron chi connectivity index (χ2n) is 6.98. The molecule has 148 valence electrons. The molecule has 4 rings (SSSR count). The van der Waals surface area contributed by atoms with E-state index in [9.17, 15) is 12.8 Å². The van der Waals surface area contributed by atoms with E-state index in [1.165, 1.54) is 22.5 Å². The normalized spacial score (nSPS) is 18.4. The van der Waals surface area contributed by atoms with E-state index in [1.807, 2.05) is 16.8 Å². The van der Waals surface area contributed by atoms with Gasteiger partial charge in [0, 0.05) is 30.5 Å². The third-order valence-electron chi connectivity index (χ3n) is 4.82. The van der Waals surface area contributed by atoms with Crippen LogP contribution in [0.4, 0.5) is 4.39 Å². The number of hydrogen-bond acceptors (Lipinski definition) is 6. The minimum Gasteiger partial charge on any atom is -0.339 e. The lowest BCUT2D eigenvalue weighted by Gasteiger charge is -2.31. The molecule has 28 heavy (non-hydrogen) atoms. The molecule has 3 aromatic rings. The summed E-state index contributed by atoms with van der Waals surface area (Å²) < 4.78 is 45.8. The van der Waals surface area contributed by atoms with E-state index in [0.717, 1.165) is 18.4 Å². The molecule has 6 nitrogen and oxygen atoms in total. The Balaban J connectivity index is 1.41. The molecule has 1 aromatic carbocycles. The minimum absolute atomic E-state index is 0.117. The lowest BCUT2D eigenvalue weighted by molar-refractivity contribution is 0.247. The van der Waals surface area contributed by atoms with Crippen LogP contribution in [-0.4, -0.2) is 36.0 Å². The van der Waals surface area contributed by atoms with Crippen LogP contribution in [0.2, 0.25) is 0 Å². The van der Waals surface area contributed by atoms with E-state index in [2.05, 4.69) is 10.1 Å². The third-order valence-corrected chi connectivity index (χ3v) is 7.32. The van der Waals surface area contributed by atoms with Gasteiger partial charge >= 0.3 is 0 Å². The highest BCUT2D eigenvalue weighted by molar-refractivity contribution is 7.88. The van der Waals surface area contributed by atoms with Gasteiger partial charge in [0.2, 0.25) is 21.7 Å². The van der Waals surface area contributed by atoms with E-state index in [0.29, 0.717) is 36.8 Å². The van der Waals surface area contributed by atoms with Crippen LogP contribution in [-0.2, 0) is 22.2 Å². The molecule has 1 saturated heterocycles. The minimum atomic E-state index is -3.51. The molecule has 1 fully saturated rings. The van der Waals surface area contributed by atoms with Gasteiger partial charge in [-0.05, 0) is 47.9 Å². The van der Waals surface area contributed by atoms with Gasteiger partial charge in [-0.3, -0.25) is 0 Å². The predicted molar refractivity (Wildman–Crippen MR) is 105 cm³/mol. The summed E-state index contributed by atoms with van der Waals surface area (Å²) in [4.78, 5) is 4.43. The van der Waals surface area contributed by atoms with Crippen molar-refractivity contribution in [1.29, 1.82) is 0 Å². The number of hydrogen-bond donors (Lipinski definition) is 0. The van der Waals surface area contributed by atoms with Crippen molar-refractivity contribution in [2.45, 2.75) is 25.0 Å². The first-order chi connectivity index (χ1) is 13.5. The molecule has 1 aliphatic heterocycles. The van der Waals surface area contributed by atoms with Gasteiger partial charge in [-0.25, -0.2) is 17.1 Å². The van der Waals surface area contributed by atoms with E-state index in [1.54, 1.807) is 17.4 Å². The molecular weight excluding hydrogens is 401 g/mol. The van der Waals surface area contributed by atoms with Crippen LogP contribution in [0, 0.1) is 11.7 Å². The summed E-state index contributed by atoms with van der Waals surface area (Å²) in [7, 11) is -3.51. The summed E-state index contributed by atoms with van der Waals surface area (Å²) in [6.45, 7) is 0.895. The summed E-state index contributed by atoms with van der Waals surface area (Å²) in [6, 6.07) is 7.66. The molecule has 0 saturated carbocycles. The second kappa shape index (κ2) is 8.10. The summed E-state index contributed by atoms with van der Waals surface area (Å²) in [5.41, 5.74) is 1.38. The van der Waals surface area contributed by atoms with Gasteiger partial charge < -0.3 is 4.52 Å². The number of halogens is 1. The molecule has 0 radical (unpaired) electrons. The largest absolute Gasteiger partial charge is 0.339 e. The summed E-state index contributed by atoms with van der Waals surface area (Å²) in [5.74, 6) is 0.576. The average molecular weight is 422 g/mol. The van der Waals surface area contributed by atoms with E-state index < -0.39 is 15.8 Å². The topological polar surface area (TPSA) is 76.3 Å². The maximum atomic E-state index is 13.4. The highest BCUT2D eigenvalue weighted by Gasteiger charge is 2.30. The first-order valence-electron chi connectivity index (χ1n) is 9.07. The Morgan fingerprint density at radius 2 is 2.21 bits per heavy atom. The molecule has 1 unspecified atom stereocenters. The fourth-order valence-corrected chi connectivity index (χ4v) is 5.73. The van der Waals surface area contributed by atoms with Crippen molar-refractivity contribution < 1.29 is 17.3 Å². The van der Waals surface area contributed by atoms with Gasteiger partial charge in [-0.15, -0.1) is 0 Å². The van der Waals surface area contributed by atoms with Crippen molar-refractivity contribution in [3.05, 3.63) is 58.4 Å². The lowest BCUT2D eigenvalue weighted by atomic mass is 9.96. The summed E-state index contributed by atoms with van der Waals surface area (Å²) >= 11 is 1.57. The van der Waals surface area contributed by atoms with Gasteiger partial charge in [-0.2, -0.15) is 16.3 Å². The Bertz CT molecular complexity index is 1030. The highest BCUT2D eigenvalue weighted by atomic mass is 32.2. The molecule has 1 aliphatic rings. The molecule has 1 atom stereocenters. The SMILES string of the molecule is O=S(=O)(Cc1cccc(F)c1)N1CCCC(Cc2nc(-c3ccsc3)no2)C1. The fourth-order valence-electron chi connectivity index (χ4n) is 3.47. The van der Waals surface area contributed by atoms with Gasteiger partial charge in [0.05, 0.1) is 5.75 Å². The molecule has 0 spiro atoms. The van der Waals surface area contributed by atoms with Crippen LogP contribution in [0.15, 0.2) is 45.6 Å². The maximum absolute atomic E-state index is 13.4. The molecular formula is C19H20FN3O3S2. The van der Waals surface area contributed by atoms with Crippen LogP contribution in [0.25, 0.3) is 11.4 Å². The number of sulfonamides is 1. The number of nitrogens with zero attached hydrogens (tertiary/aromatic N) is 3. The first kappa shape index (κ1) is 19.2.